The van der Waals surface area contributed by atoms with E-state index < -0.39 is 17.4 Å². The Kier molecular flexibility index (Phi) is 5.03. The lowest BCUT2D eigenvalue weighted by atomic mass is 9.74. The normalized spacial score (nSPS) is 26.0. The van der Waals surface area contributed by atoms with Gasteiger partial charge in [-0.05, 0) is 31.9 Å². The second-order valence-corrected chi connectivity index (χ2v) is 7.86. The number of anilines is 1. The minimum absolute atomic E-state index is 0.0850. The highest BCUT2D eigenvalue weighted by Crippen LogP contribution is 2.36. The molecule has 0 aromatic heterocycles. The summed E-state index contributed by atoms with van der Waals surface area (Å²) in [5.41, 5.74) is -0.0312. The molecule has 2 atom stereocenters. The summed E-state index contributed by atoms with van der Waals surface area (Å²) in [4.78, 5) is 38.9. The molecule has 2 aliphatic rings. The number of hydrogen-bond acceptors (Lipinski definition) is 4. The molecule has 1 aromatic rings. The van der Waals surface area contributed by atoms with Crippen molar-refractivity contribution in [3.05, 3.63) is 24.3 Å². The largest absolute Gasteiger partial charge is 0.481 e. The molecular formula is C18H22N2O4S. The molecule has 134 valence electrons. The van der Waals surface area contributed by atoms with Gasteiger partial charge in [-0.15, -0.1) is 11.8 Å². The minimum atomic E-state index is -0.877. The summed E-state index contributed by atoms with van der Waals surface area (Å²) in [6.07, 6.45) is 2.95. The van der Waals surface area contributed by atoms with Crippen molar-refractivity contribution >= 4 is 35.2 Å². The third kappa shape index (κ3) is 3.66. The second-order valence-electron chi connectivity index (χ2n) is 6.84. The first-order valence-electron chi connectivity index (χ1n) is 8.47. The molecule has 1 heterocycles. The van der Waals surface area contributed by atoms with Gasteiger partial charge >= 0.3 is 5.97 Å². The number of fused-ring (bicyclic) bond motifs is 1. The van der Waals surface area contributed by atoms with Crippen LogP contribution >= 0.6 is 11.8 Å². The van der Waals surface area contributed by atoms with Crippen LogP contribution in [0.25, 0.3) is 0 Å². The fourth-order valence-corrected chi connectivity index (χ4v) is 4.64. The number of aliphatic carboxylic acids is 1. The Labute approximate surface area is 151 Å². The van der Waals surface area contributed by atoms with E-state index in [-0.39, 0.29) is 18.4 Å². The van der Waals surface area contributed by atoms with Gasteiger partial charge in [0.05, 0.1) is 22.9 Å². The predicted molar refractivity (Wildman–Crippen MR) is 95.7 cm³/mol. The molecule has 6 nitrogen and oxygen atoms in total. The van der Waals surface area contributed by atoms with Gasteiger partial charge in [-0.25, -0.2) is 0 Å². The van der Waals surface area contributed by atoms with Crippen molar-refractivity contribution in [1.82, 2.24) is 5.32 Å². The number of carboxylic acids is 1. The first-order chi connectivity index (χ1) is 11.9. The summed E-state index contributed by atoms with van der Waals surface area (Å²) in [5, 5.41) is 12.4. The quantitative estimate of drug-likeness (QED) is 0.858. The van der Waals surface area contributed by atoms with Gasteiger partial charge in [0.2, 0.25) is 11.8 Å². The molecular weight excluding hydrogens is 340 g/mol. The van der Waals surface area contributed by atoms with Gasteiger partial charge in [0.15, 0.2) is 0 Å². The third-order valence-electron chi connectivity index (χ3n) is 5.04. The van der Waals surface area contributed by atoms with Crippen LogP contribution in [0.4, 0.5) is 5.69 Å². The van der Waals surface area contributed by atoms with Gasteiger partial charge in [-0.2, -0.15) is 0 Å². The van der Waals surface area contributed by atoms with Gasteiger partial charge in [-0.3, -0.25) is 14.4 Å². The molecule has 2 N–H and O–H groups in total. The number of carbonyl (C=O) groups excluding carboxylic acids is 2. The van der Waals surface area contributed by atoms with Gasteiger partial charge < -0.3 is 15.3 Å². The molecule has 0 radical (unpaired) electrons. The monoisotopic (exact) mass is 362 g/mol. The van der Waals surface area contributed by atoms with Crippen LogP contribution in [0.3, 0.4) is 0 Å². The Morgan fingerprint density at radius 3 is 2.88 bits per heavy atom. The minimum Gasteiger partial charge on any atom is -0.481 e. The summed E-state index contributed by atoms with van der Waals surface area (Å²) in [5.74, 6) is -1.59. The Morgan fingerprint density at radius 1 is 1.36 bits per heavy atom. The summed E-state index contributed by atoms with van der Waals surface area (Å²) in [6, 6.07) is 7.50. The maximum Gasteiger partial charge on any atom is 0.308 e. The second kappa shape index (κ2) is 7.07. The zero-order chi connectivity index (χ0) is 18.0. The summed E-state index contributed by atoms with van der Waals surface area (Å²) < 4.78 is 0. The Hall–Kier alpha value is -2.02. The van der Waals surface area contributed by atoms with E-state index in [9.17, 15) is 19.5 Å². The fourth-order valence-electron chi connectivity index (χ4n) is 3.71. The van der Waals surface area contributed by atoms with Crippen molar-refractivity contribution in [2.75, 3.05) is 17.2 Å². The van der Waals surface area contributed by atoms with E-state index in [1.807, 2.05) is 24.3 Å². The van der Waals surface area contributed by atoms with Gasteiger partial charge in [0.1, 0.15) is 6.54 Å². The topological polar surface area (TPSA) is 86.7 Å². The number of carboxylic acid groups (broad SMARTS) is 1. The molecule has 0 bridgehead atoms. The number of amides is 2. The third-order valence-corrected chi connectivity index (χ3v) is 6.09. The first kappa shape index (κ1) is 17.8. The number of thioether (sulfide) groups is 1. The molecule has 2 amide bonds. The van der Waals surface area contributed by atoms with E-state index in [1.165, 1.54) is 16.7 Å². The van der Waals surface area contributed by atoms with Crippen molar-refractivity contribution in [3.63, 3.8) is 0 Å². The Bertz CT molecular complexity index is 708. The highest BCUT2D eigenvalue weighted by Gasteiger charge is 2.42. The number of carbonyl (C=O) groups is 3. The van der Waals surface area contributed by atoms with Crippen LogP contribution in [0.15, 0.2) is 29.2 Å². The van der Waals surface area contributed by atoms with E-state index in [0.29, 0.717) is 18.6 Å². The summed E-state index contributed by atoms with van der Waals surface area (Å²) in [7, 11) is 0. The van der Waals surface area contributed by atoms with Crippen molar-refractivity contribution in [2.45, 2.75) is 43.0 Å². The molecule has 0 spiro atoms. The first-order valence-corrected chi connectivity index (χ1v) is 9.45. The maximum atomic E-state index is 12.6. The van der Waals surface area contributed by atoms with Crippen LogP contribution in [0.5, 0.6) is 0 Å². The van der Waals surface area contributed by atoms with E-state index in [4.69, 9.17) is 0 Å². The van der Waals surface area contributed by atoms with Crippen LogP contribution in [0.1, 0.15) is 32.6 Å². The summed E-state index contributed by atoms with van der Waals surface area (Å²) in [6.45, 7) is 1.71. The van der Waals surface area contributed by atoms with Gasteiger partial charge in [-0.1, -0.05) is 25.0 Å². The van der Waals surface area contributed by atoms with E-state index in [0.717, 1.165) is 23.4 Å². The zero-order valence-electron chi connectivity index (χ0n) is 14.2. The number of rotatable bonds is 4. The van der Waals surface area contributed by atoms with Crippen LogP contribution in [0, 0.1) is 5.92 Å². The van der Waals surface area contributed by atoms with E-state index in [1.54, 1.807) is 6.92 Å². The lowest BCUT2D eigenvalue weighted by molar-refractivity contribution is -0.146. The lowest BCUT2D eigenvalue weighted by Crippen LogP contribution is -2.57. The predicted octanol–water partition coefficient (Wildman–Crippen LogP) is 2.27. The van der Waals surface area contributed by atoms with Crippen LogP contribution in [-0.4, -0.2) is 40.7 Å². The number of benzene rings is 1. The van der Waals surface area contributed by atoms with Gasteiger partial charge in [0, 0.05) is 4.90 Å². The smallest absolute Gasteiger partial charge is 0.308 e. The Balaban J connectivity index is 1.74. The number of para-hydroxylation sites is 1. The fraction of sp³-hybridized carbons (Fsp3) is 0.500. The van der Waals surface area contributed by atoms with Crippen molar-refractivity contribution in [2.24, 2.45) is 5.92 Å². The highest BCUT2D eigenvalue weighted by molar-refractivity contribution is 8.00. The molecule has 25 heavy (non-hydrogen) atoms. The molecule has 2 unspecified atom stereocenters. The van der Waals surface area contributed by atoms with Gasteiger partial charge in [0.25, 0.3) is 0 Å². The standard InChI is InChI=1S/C18H22N2O4S/c1-18(9-5-4-6-12(18)17(23)24)19-15(21)10-20-13-7-2-3-8-14(13)25-11-16(20)22/h2-3,7-8,12H,4-6,9-11H2,1H3,(H,19,21)(H,23,24). The van der Waals surface area contributed by atoms with Crippen molar-refractivity contribution in [3.8, 4) is 0 Å². The molecule has 1 saturated carbocycles. The molecule has 0 saturated heterocycles. The van der Waals surface area contributed by atoms with Crippen molar-refractivity contribution in [1.29, 1.82) is 0 Å². The Morgan fingerprint density at radius 2 is 2.12 bits per heavy atom. The number of hydrogen-bond donors (Lipinski definition) is 2. The zero-order valence-corrected chi connectivity index (χ0v) is 15.0. The molecule has 1 aromatic carbocycles. The highest BCUT2D eigenvalue weighted by atomic mass is 32.2. The van der Waals surface area contributed by atoms with Crippen molar-refractivity contribution < 1.29 is 19.5 Å². The number of nitrogens with one attached hydrogen (secondary N) is 1. The average Bonchev–Trinajstić information content (AvgIpc) is 2.57. The van der Waals surface area contributed by atoms with E-state index >= 15 is 0 Å². The maximum absolute atomic E-state index is 12.6. The molecule has 1 aliphatic heterocycles. The molecule has 3 rings (SSSR count). The van der Waals surface area contributed by atoms with E-state index in [2.05, 4.69) is 5.32 Å². The van der Waals surface area contributed by atoms with Crippen LogP contribution in [0.2, 0.25) is 0 Å². The number of nitrogens with zero attached hydrogens (tertiary/aromatic N) is 1. The molecule has 1 fully saturated rings. The van der Waals surface area contributed by atoms with Crippen LogP contribution < -0.4 is 10.2 Å². The molecule has 1 aliphatic carbocycles. The SMILES string of the molecule is CC1(NC(=O)CN2C(=O)CSc3ccccc32)CCCCC1C(=O)O. The lowest BCUT2D eigenvalue weighted by Gasteiger charge is -2.40. The summed E-state index contributed by atoms with van der Waals surface area (Å²) >= 11 is 1.47. The molecule has 7 heteroatoms. The average molecular weight is 362 g/mol. The van der Waals surface area contributed by atoms with Crippen LogP contribution in [-0.2, 0) is 14.4 Å².